The maximum Gasteiger partial charge on any atom is 0.144 e. The van der Waals surface area contributed by atoms with E-state index in [2.05, 4.69) is 182 Å². The summed E-state index contributed by atoms with van der Waals surface area (Å²) in [4.78, 5) is 0. The predicted octanol–water partition coefficient (Wildman–Crippen LogP) is 15.6. The lowest BCUT2D eigenvalue weighted by atomic mass is 9.85. The van der Waals surface area contributed by atoms with Crippen molar-refractivity contribution in [3.63, 3.8) is 0 Å². The molecule has 0 aliphatic carbocycles. The molecule has 2 heterocycles. The number of benzene rings is 10. The molecule has 12 rings (SSSR count). The zero-order chi connectivity index (χ0) is 35.3. The summed E-state index contributed by atoms with van der Waals surface area (Å²) in [7, 11) is 0. The standard InChI is InChI=1S/C52H30OS/c1-2-13-32-26-37(25-24-31(32)12-1)49-41-21-7-5-19-39(41)48(40-20-6-8-22-42(40)49)35-16-11-17-36(27-35)50-51-44(38-18-9-10-23-46(38)53-51)30-45-43-28-33-14-3-4-15-34(33)29-47(43)54-52(45)50/h1-30H. The van der Waals surface area contributed by atoms with Crippen LogP contribution in [-0.4, -0.2) is 0 Å². The molecular formula is C52H30OS. The van der Waals surface area contributed by atoms with E-state index in [0.717, 1.165) is 33.1 Å². The number of thiophene rings is 1. The minimum absolute atomic E-state index is 0.915. The second kappa shape index (κ2) is 11.4. The number of para-hydroxylation sites is 1. The van der Waals surface area contributed by atoms with Crippen LogP contribution in [0, 0.1) is 0 Å². The van der Waals surface area contributed by atoms with Crippen LogP contribution >= 0.6 is 11.3 Å². The summed E-state index contributed by atoms with van der Waals surface area (Å²) in [6, 6.07) is 66.7. The lowest BCUT2D eigenvalue weighted by molar-refractivity contribution is 0.670. The van der Waals surface area contributed by atoms with Gasteiger partial charge in [-0.3, -0.25) is 0 Å². The van der Waals surface area contributed by atoms with Crippen LogP contribution in [0.15, 0.2) is 186 Å². The summed E-state index contributed by atoms with van der Waals surface area (Å²) < 4.78 is 9.35. The van der Waals surface area contributed by atoms with Crippen LogP contribution in [0.3, 0.4) is 0 Å². The van der Waals surface area contributed by atoms with Gasteiger partial charge in [-0.2, -0.15) is 0 Å². The summed E-state index contributed by atoms with van der Waals surface area (Å²) in [6.07, 6.45) is 0. The average molecular weight is 703 g/mol. The van der Waals surface area contributed by atoms with Crippen molar-refractivity contribution in [1.29, 1.82) is 0 Å². The number of hydrogen-bond donors (Lipinski definition) is 0. The molecule has 0 spiro atoms. The quantitative estimate of drug-likeness (QED) is 0.167. The van der Waals surface area contributed by atoms with Crippen molar-refractivity contribution in [2.75, 3.05) is 0 Å². The number of furan rings is 1. The molecule has 0 saturated heterocycles. The zero-order valence-electron chi connectivity index (χ0n) is 29.1. The van der Waals surface area contributed by atoms with E-state index in [0.29, 0.717) is 0 Å². The first-order valence-electron chi connectivity index (χ1n) is 18.5. The van der Waals surface area contributed by atoms with Crippen molar-refractivity contribution in [2.45, 2.75) is 0 Å². The van der Waals surface area contributed by atoms with Crippen LogP contribution in [0.2, 0.25) is 0 Å². The Morgan fingerprint density at radius 2 is 0.852 bits per heavy atom. The van der Waals surface area contributed by atoms with Gasteiger partial charge >= 0.3 is 0 Å². The number of rotatable bonds is 3. The van der Waals surface area contributed by atoms with Crippen molar-refractivity contribution in [3.05, 3.63) is 182 Å². The third kappa shape index (κ3) is 4.32. The first-order chi connectivity index (χ1) is 26.8. The van der Waals surface area contributed by atoms with Crippen molar-refractivity contribution < 1.29 is 4.42 Å². The van der Waals surface area contributed by atoms with Crippen LogP contribution in [0.4, 0.5) is 0 Å². The third-order valence-electron chi connectivity index (χ3n) is 11.4. The van der Waals surface area contributed by atoms with E-state index >= 15 is 0 Å². The van der Waals surface area contributed by atoms with E-state index in [1.54, 1.807) is 0 Å². The highest BCUT2D eigenvalue weighted by Crippen LogP contribution is 2.49. The smallest absolute Gasteiger partial charge is 0.144 e. The molecule has 54 heavy (non-hydrogen) atoms. The van der Waals surface area contributed by atoms with E-state index in [-0.39, 0.29) is 0 Å². The molecule has 1 nitrogen and oxygen atoms in total. The third-order valence-corrected chi connectivity index (χ3v) is 12.6. The maximum atomic E-state index is 6.81. The largest absolute Gasteiger partial charge is 0.455 e. The van der Waals surface area contributed by atoms with Crippen molar-refractivity contribution in [2.24, 2.45) is 0 Å². The second-order valence-corrected chi connectivity index (χ2v) is 15.4. The first kappa shape index (κ1) is 29.8. The van der Waals surface area contributed by atoms with Gasteiger partial charge in [0.15, 0.2) is 0 Å². The van der Waals surface area contributed by atoms with E-state index in [1.165, 1.54) is 85.5 Å². The molecule has 0 aliphatic rings. The molecule has 2 heteroatoms. The fourth-order valence-electron chi connectivity index (χ4n) is 8.96. The predicted molar refractivity (Wildman–Crippen MR) is 233 cm³/mol. The van der Waals surface area contributed by atoms with Crippen LogP contribution in [0.25, 0.3) is 119 Å². The van der Waals surface area contributed by atoms with Gasteiger partial charge in [0, 0.05) is 36.5 Å². The summed E-state index contributed by atoms with van der Waals surface area (Å²) in [5.74, 6) is 0. The summed E-state index contributed by atoms with van der Waals surface area (Å²) in [5.41, 5.74) is 9.13. The molecule has 0 unspecified atom stereocenters. The fraction of sp³-hybridized carbons (Fsp3) is 0. The summed E-state index contributed by atoms with van der Waals surface area (Å²) in [5, 5.41) is 14.9. The van der Waals surface area contributed by atoms with Gasteiger partial charge in [-0.1, -0.05) is 146 Å². The molecule has 0 bridgehead atoms. The van der Waals surface area contributed by atoms with Gasteiger partial charge in [0.25, 0.3) is 0 Å². The molecule has 2 aromatic heterocycles. The van der Waals surface area contributed by atoms with Gasteiger partial charge in [-0.05, 0) is 107 Å². The Morgan fingerprint density at radius 3 is 1.54 bits per heavy atom. The molecular weight excluding hydrogens is 673 g/mol. The molecule has 0 saturated carbocycles. The van der Waals surface area contributed by atoms with Crippen molar-refractivity contribution in [3.8, 4) is 33.4 Å². The maximum absolute atomic E-state index is 6.81. The lowest BCUT2D eigenvalue weighted by Crippen LogP contribution is -1.91. The number of fused-ring (bicyclic) bond motifs is 10. The minimum Gasteiger partial charge on any atom is -0.455 e. The normalized spacial score (nSPS) is 12.1. The number of hydrogen-bond acceptors (Lipinski definition) is 2. The molecule has 0 amide bonds. The molecule has 0 N–H and O–H groups in total. The highest BCUT2D eigenvalue weighted by molar-refractivity contribution is 7.26. The molecule has 12 aromatic rings. The fourth-order valence-corrected chi connectivity index (χ4v) is 10.2. The van der Waals surface area contributed by atoms with E-state index in [4.69, 9.17) is 4.42 Å². The first-order valence-corrected chi connectivity index (χ1v) is 19.3. The molecule has 0 aliphatic heterocycles. The lowest BCUT2D eigenvalue weighted by Gasteiger charge is -2.18. The van der Waals surface area contributed by atoms with Crippen molar-refractivity contribution >= 4 is 96.5 Å². The van der Waals surface area contributed by atoms with E-state index in [1.807, 2.05) is 11.3 Å². The molecule has 0 atom stereocenters. The SMILES string of the molecule is c1cc(-c2c3ccccc3c(-c3ccc4ccccc4c3)c3ccccc23)cc(-c2c3oc4ccccc4c3cc3c2sc2cc4ccccc4cc23)c1. The Labute approximate surface area is 314 Å². The Morgan fingerprint density at radius 1 is 0.315 bits per heavy atom. The second-order valence-electron chi connectivity index (χ2n) is 14.4. The topological polar surface area (TPSA) is 13.1 Å². The van der Waals surface area contributed by atoms with Crippen LogP contribution in [0.1, 0.15) is 0 Å². The van der Waals surface area contributed by atoms with E-state index < -0.39 is 0 Å². The molecule has 10 aromatic carbocycles. The van der Waals surface area contributed by atoms with Crippen LogP contribution < -0.4 is 0 Å². The van der Waals surface area contributed by atoms with Gasteiger partial charge < -0.3 is 4.42 Å². The monoisotopic (exact) mass is 702 g/mol. The highest BCUT2D eigenvalue weighted by Gasteiger charge is 2.22. The average Bonchev–Trinajstić information content (AvgIpc) is 3.78. The van der Waals surface area contributed by atoms with Crippen LogP contribution in [-0.2, 0) is 0 Å². The summed E-state index contributed by atoms with van der Waals surface area (Å²) in [6.45, 7) is 0. The Hall–Kier alpha value is -6.74. The van der Waals surface area contributed by atoms with Crippen molar-refractivity contribution in [1.82, 2.24) is 0 Å². The zero-order valence-corrected chi connectivity index (χ0v) is 30.0. The minimum atomic E-state index is 0.915. The Kier molecular flexibility index (Phi) is 6.28. The Bertz CT molecular complexity index is 3450. The molecule has 0 fully saturated rings. The summed E-state index contributed by atoms with van der Waals surface area (Å²) >= 11 is 1.87. The van der Waals surface area contributed by atoms with Gasteiger partial charge in [0.1, 0.15) is 11.2 Å². The van der Waals surface area contributed by atoms with Gasteiger partial charge in [0.05, 0.1) is 0 Å². The molecule has 0 radical (unpaired) electrons. The van der Waals surface area contributed by atoms with Crippen LogP contribution in [0.5, 0.6) is 0 Å². The van der Waals surface area contributed by atoms with E-state index in [9.17, 15) is 0 Å². The van der Waals surface area contributed by atoms with Gasteiger partial charge in [-0.15, -0.1) is 11.3 Å². The highest BCUT2D eigenvalue weighted by atomic mass is 32.1. The molecule has 250 valence electrons. The van der Waals surface area contributed by atoms with Gasteiger partial charge in [0.2, 0.25) is 0 Å². The van der Waals surface area contributed by atoms with Gasteiger partial charge in [-0.25, -0.2) is 0 Å². The Balaban J connectivity index is 1.15.